The molecule has 0 saturated carbocycles. The highest BCUT2D eigenvalue weighted by Crippen LogP contribution is 2.29. The lowest BCUT2D eigenvalue weighted by molar-refractivity contribution is -0.126. The van der Waals surface area contributed by atoms with E-state index in [9.17, 15) is 4.79 Å². The average Bonchev–Trinajstić information content (AvgIpc) is 2.71. The molecule has 1 aliphatic rings. The van der Waals surface area contributed by atoms with Crippen LogP contribution in [0.4, 0.5) is 5.69 Å². The van der Waals surface area contributed by atoms with Crippen LogP contribution in [-0.4, -0.2) is 29.2 Å². The molecule has 0 aliphatic carbocycles. The van der Waals surface area contributed by atoms with Gasteiger partial charge in [0.2, 0.25) is 5.91 Å². The smallest absolute Gasteiger partial charge is 0.230 e. The van der Waals surface area contributed by atoms with Crippen molar-refractivity contribution >= 4 is 11.6 Å². The molecule has 3 N–H and O–H groups in total. The molecule has 1 aliphatic heterocycles. The zero-order chi connectivity index (χ0) is 10.7. The largest absolute Gasteiger partial charge is 0.323 e. The number of aromatic nitrogens is 2. The number of hydrogen-bond acceptors (Lipinski definition) is 3. The molecule has 5 nitrogen and oxygen atoms in total. The van der Waals surface area contributed by atoms with Crippen LogP contribution in [0.2, 0.25) is 0 Å². The number of anilines is 1. The van der Waals surface area contributed by atoms with Crippen molar-refractivity contribution in [3.63, 3.8) is 0 Å². The summed E-state index contributed by atoms with van der Waals surface area (Å²) >= 11 is 0. The number of amides is 1. The lowest BCUT2D eigenvalue weighted by atomic mass is 9.80. The van der Waals surface area contributed by atoms with Crippen LogP contribution in [0.5, 0.6) is 0 Å². The minimum absolute atomic E-state index is 0.0883. The molecular formula is C10H16N4O. The number of carbonyl (C=O) groups excluding carboxylic acids is 1. The first-order valence-corrected chi connectivity index (χ1v) is 5.22. The van der Waals surface area contributed by atoms with Crippen LogP contribution in [0.15, 0.2) is 12.4 Å². The maximum Gasteiger partial charge on any atom is 0.230 e. The molecule has 2 rings (SSSR count). The van der Waals surface area contributed by atoms with E-state index in [0.29, 0.717) is 0 Å². The Labute approximate surface area is 88.6 Å². The Balaban J connectivity index is 2.00. The van der Waals surface area contributed by atoms with Crippen molar-refractivity contribution in [1.29, 1.82) is 0 Å². The normalized spacial score (nSPS) is 19.8. The highest BCUT2D eigenvalue weighted by molar-refractivity contribution is 5.94. The Morgan fingerprint density at radius 3 is 2.87 bits per heavy atom. The van der Waals surface area contributed by atoms with Crippen LogP contribution in [0.1, 0.15) is 19.8 Å². The molecule has 0 atom stereocenters. The molecular weight excluding hydrogens is 192 g/mol. The summed E-state index contributed by atoms with van der Waals surface area (Å²) < 4.78 is 0. The Kier molecular flexibility index (Phi) is 2.73. The third-order valence-corrected chi connectivity index (χ3v) is 3.01. The first kappa shape index (κ1) is 10.2. The first-order valence-electron chi connectivity index (χ1n) is 5.22. The van der Waals surface area contributed by atoms with E-state index in [-0.39, 0.29) is 11.3 Å². The highest BCUT2D eigenvalue weighted by atomic mass is 16.2. The molecule has 0 aromatic carbocycles. The van der Waals surface area contributed by atoms with Crippen molar-refractivity contribution < 1.29 is 4.79 Å². The summed E-state index contributed by atoms with van der Waals surface area (Å²) in [5.41, 5.74) is 0.488. The van der Waals surface area contributed by atoms with Crippen molar-refractivity contribution in [1.82, 2.24) is 15.5 Å². The number of H-pyrrole nitrogens is 1. The second kappa shape index (κ2) is 4.02. The zero-order valence-corrected chi connectivity index (χ0v) is 8.84. The Morgan fingerprint density at radius 1 is 1.53 bits per heavy atom. The van der Waals surface area contributed by atoms with Gasteiger partial charge in [0.25, 0.3) is 0 Å². The van der Waals surface area contributed by atoms with Gasteiger partial charge in [-0.15, -0.1) is 0 Å². The molecule has 1 aromatic heterocycles. The van der Waals surface area contributed by atoms with E-state index in [1.54, 1.807) is 12.4 Å². The summed E-state index contributed by atoms with van der Waals surface area (Å²) in [5, 5.41) is 12.6. The van der Waals surface area contributed by atoms with E-state index in [2.05, 4.69) is 20.8 Å². The number of hydrogen-bond donors (Lipinski definition) is 3. The number of nitrogens with zero attached hydrogens (tertiary/aromatic N) is 1. The second-order valence-electron chi connectivity index (χ2n) is 4.25. The summed E-state index contributed by atoms with van der Waals surface area (Å²) in [4.78, 5) is 12.0. The number of piperidine rings is 1. The Bertz CT molecular complexity index is 327. The predicted octanol–water partition coefficient (Wildman–Crippen LogP) is 0.738. The van der Waals surface area contributed by atoms with Crippen LogP contribution >= 0.6 is 0 Å². The predicted molar refractivity (Wildman–Crippen MR) is 57.4 cm³/mol. The fourth-order valence-corrected chi connectivity index (χ4v) is 1.81. The van der Waals surface area contributed by atoms with Gasteiger partial charge in [0, 0.05) is 11.6 Å². The second-order valence-corrected chi connectivity index (χ2v) is 4.25. The summed E-state index contributed by atoms with van der Waals surface area (Å²) in [7, 11) is 0. The van der Waals surface area contributed by atoms with Gasteiger partial charge < -0.3 is 10.6 Å². The van der Waals surface area contributed by atoms with Crippen molar-refractivity contribution in [2.75, 3.05) is 18.4 Å². The molecule has 5 heteroatoms. The van der Waals surface area contributed by atoms with Crippen molar-refractivity contribution in [3.05, 3.63) is 12.4 Å². The molecule has 1 amide bonds. The van der Waals surface area contributed by atoms with Crippen LogP contribution < -0.4 is 10.6 Å². The Hall–Kier alpha value is -1.36. The molecule has 15 heavy (non-hydrogen) atoms. The molecule has 0 radical (unpaired) electrons. The van der Waals surface area contributed by atoms with Gasteiger partial charge in [-0.25, -0.2) is 0 Å². The zero-order valence-electron chi connectivity index (χ0n) is 8.84. The fourth-order valence-electron chi connectivity index (χ4n) is 1.81. The van der Waals surface area contributed by atoms with E-state index in [1.165, 1.54) is 0 Å². The van der Waals surface area contributed by atoms with Crippen LogP contribution in [0.3, 0.4) is 0 Å². The fraction of sp³-hybridized carbons (Fsp3) is 0.600. The van der Waals surface area contributed by atoms with Crippen LogP contribution in [0.25, 0.3) is 0 Å². The van der Waals surface area contributed by atoms with Gasteiger partial charge in [-0.2, -0.15) is 5.10 Å². The van der Waals surface area contributed by atoms with Crippen molar-refractivity contribution in [2.45, 2.75) is 19.8 Å². The third kappa shape index (κ3) is 2.18. The summed E-state index contributed by atoms with van der Waals surface area (Å²) in [6.45, 7) is 3.84. The van der Waals surface area contributed by atoms with Crippen LogP contribution in [-0.2, 0) is 4.79 Å². The first-order chi connectivity index (χ1) is 7.21. The SMILES string of the molecule is CC1(C(=O)Nc2cn[nH]c2)CCNCC1. The minimum Gasteiger partial charge on any atom is -0.323 e. The van der Waals surface area contributed by atoms with E-state index < -0.39 is 0 Å². The molecule has 0 unspecified atom stereocenters. The van der Waals surface area contributed by atoms with Gasteiger partial charge in [0.15, 0.2) is 0 Å². The maximum atomic E-state index is 12.0. The average molecular weight is 208 g/mol. The van der Waals surface area contributed by atoms with Crippen LogP contribution in [0, 0.1) is 5.41 Å². The molecule has 2 heterocycles. The summed E-state index contributed by atoms with van der Waals surface area (Å²) in [5.74, 6) is 0.0883. The van der Waals surface area contributed by atoms with E-state index in [4.69, 9.17) is 0 Å². The molecule has 1 aromatic rings. The van der Waals surface area contributed by atoms with Gasteiger partial charge in [-0.05, 0) is 25.9 Å². The quantitative estimate of drug-likeness (QED) is 0.671. The van der Waals surface area contributed by atoms with E-state index in [1.807, 2.05) is 6.92 Å². The van der Waals surface area contributed by atoms with Gasteiger partial charge in [0.05, 0.1) is 11.9 Å². The van der Waals surface area contributed by atoms with Gasteiger partial charge in [-0.3, -0.25) is 9.89 Å². The molecule has 1 saturated heterocycles. The molecule has 82 valence electrons. The molecule has 1 fully saturated rings. The number of aromatic amines is 1. The number of rotatable bonds is 2. The van der Waals surface area contributed by atoms with E-state index >= 15 is 0 Å². The number of nitrogens with one attached hydrogen (secondary N) is 3. The van der Waals surface area contributed by atoms with Gasteiger partial charge in [-0.1, -0.05) is 6.92 Å². The minimum atomic E-state index is -0.248. The third-order valence-electron chi connectivity index (χ3n) is 3.01. The van der Waals surface area contributed by atoms with Crippen molar-refractivity contribution in [3.8, 4) is 0 Å². The number of carbonyl (C=O) groups is 1. The topological polar surface area (TPSA) is 69.8 Å². The lowest BCUT2D eigenvalue weighted by Crippen LogP contribution is -2.42. The molecule has 0 spiro atoms. The monoisotopic (exact) mass is 208 g/mol. The summed E-state index contributed by atoms with van der Waals surface area (Å²) in [6, 6.07) is 0. The van der Waals surface area contributed by atoms with Crippen molar-refractivity contribution in [2.24, 2.45) is 5.41 Å². The van der Waals surface area contributed by atoms with Gasteiger partial charge >= 0.3 is 0 Å². The Morgan fingerprint density at radius 2 is 2.27 bits per heavy atom. The standard InChI is InChI=1S/C10H16N4O/c1-10(2-4-11-5-3-10)9(15)14-8-6-12-13-7-8/h6-7,11H,2-5H2,1H3,(H,12,13)(H,14,15). The molecule has 0 bridgehead atoms. The maximum absolute atomic E-state index is 12.0. The highest BCUT2D eigenvalue weighted by Gasteiger charge is 2.34. The summed E-state index contributed by atoms with van der Waals surface area (Å²) in [6.07, 6.45) is 5.07. The van der Waals surface area contributed by atoms with E-state index in [0.717, 1.165) is 31.6 Å². The lowest BCUT2D eigenvalue weighted by Gasteiger charge is -2.32. The van der Waals surface area contributed by atoms with Gasteiger partial charge in [0.1, 0.15) is 0 Å².